The lowest BCUT2D eigenvalue weighted by atomic mass is 9.96. The fourth-order valence-electron chi connectivity index (χ4n) is 3.33. The maximum Gasteiger partial charge on any atom is 0.282 e. The predicted molar refractivity (Wildman–Crippen MR) is 95.8 cm³/mol. The van der Waals surface area contributed by atoms with E-state index in [4.69, 9.17) is 4.74 Å². The Bertz CT molecular complexity index is 598. The van der Waals surface area contributed by atoms with E-state index in [0.29, 0.717) is 17.5 Å². The van der Waals surface area contributed by atoms with Gasteiger partial charge in [0.1, 0.15) is 5.75 Å². The fourth-order valence-corrected chi connectivity index (χ4v) is 3.33. The molecule has 0 heterocycles. The van der Waals surface area contributed by atoms with E-state index >= 15 is 0 Å². The second-order valence-corrected chi connectivity index (χ2v) is 6.72. The molecule has 1 fully saturated rings. The van der Waals surface area contributed by atoms with E-state index in [-0.39, 0.29) is 17.6 Å². The van der Waals surface area contributed by atoms with Crippen molar-refractivity contribution in [2.75, 3.05) is 12.4 Å². The van der Waals surface area contributed by atoms with Crippen LogP contribution < -0.4 is 15.4 Å². The summed E-state index contributed by atoms with van der Waals surface area (Å²) in [6.07, 6.45) is 8.57. The first-order chi connectivity index (χ1) is 12.0. The number of nitro benzene ring substituents is 1. The summed E-state index contributed by atoms with van der Waals surface area (Å²) in [5, 5.41) is 15.8. The standard InChI is InChI=1S/C18H27N3O4/c1-13(19-14-8-6-4-3-5-7-9-14)18(22)20-16-12-15(21(23)24)10-11-17(16)25-2/h10-14,19H,3-9H2,1-2H3,(H,20,22)/p+1/t13-/m1/s1. The van der Waals surface area contributed by atoms with Gasteiger partial charge in [0, 0.05) is 12.1 Å². The van der Waals surface area contributed by atoms with Crippen LogP contribution in [0.4, 0.5) is 11.4 Å². The van der Waals surface area contributed by atoms with Crippen LogP contribution in [0.2, 0.25) is 0 Å². The molecule has 7 heteroatoms. The number of rotatable bonds is 6. The van der Waals surface area contributed by atoms with Crippen molar-refractivity contribution in [3.05, 3.63) is 28.3 Å². The van der Waals surface area contributed by atoms with E-state index in [0.717, 1.165) is 12.8 Å². The van der Waals surface area contributed by atoms with Crippen molar-refractivity contribution in [3.8, 4) is 5.75 Å². The predicted octanol–water partition coefficient (Wildman–Crippen LogP) is 2.61. The Morgan fingerprint density at radius 3 is 2.52 bits per heavy atom. The number of carbonyl (C=O) groups excluding carboxylic acids is 1. The van der Waals surface area contributed by atoms with Gasteiger partial charge in [-0.05, 0) is 38.7 Å². The molecule has 7 nitrogen and oxygen atoms in total. The Hall–Kier alpha value is -2.15. The molecule has 25 heavy (non-hydrogen) atoms. The molecule has 0 unspecified atom stereocenters. The highest BCUT2D eigenvalue weighted by Crippen LogP contribution is 2.28. The molecular formula is C18H28N3O4+. The van der Waals surface area contributed by atoms with Crippen LogP contribution in [0.3, 0.4) is 0 Å². The minimum absolute atomic E-state index is 0.0762. The van der Waals surface area contributed by atoms with Gasteiger partial charge in [0.15, 0.2) is 6.04 Å². The van der Waals surface area contributed by atoms with Crippen molar-refractivity contribution in [3.63, 3.8) is 0 Å². The molecule has 3 N–H and O–H groups in total. The minimum atomic E-state index is -0.487. The SMILES string of the molecule is COc1ccc([N+](=O)[O-])cc1NC(=O)[C@@H](C)[NH2+]C1CCCCCCC1. The van der Waals surface area contributed by atoms with Gasteiger partial charge in [0.25, 0.3) is 11.6 Å². The summed E-state index contributed by atoms with van der Waals surface area (Å²) in [6, 6.07) is 4.40. The highest BCUT2D eigenvalue weighted by molar-refractivity contribution is 5.95. The van der Waals surface area contributed by atoms with Gasteiger partial charge in [-0.25, -0.2) is 0 Å². The van der Waals surface area contributed by atoms with E-state index in [2.05, 4.69) is 10.6 Å². The molecule has 0 spiro atoms. The molecule has 1 saturated carbocycles. The average molecular weight is 350 g/mol. The van der Waals surface area contributed by atoms with Crippen molar-refractivity contribution >= 4 is 17.3 Å². The molecule has 138 valence electrons. The molecule has 1 aliphatic rings. The lowest BCUT2D eigenvalue weighted by Crippen LogP contribution is -2.96. The molecule has 1 amide bonds. The molecule has 0 saturated heterocycles. The monoisotopic (exact) mass is 350 g/mol. The van der Waals surface area contributed by atoms with E-state index in [1.165, 1.54) is 57.4 Å². The number of nitrogens with two attached hydrogens (primary N) is 1. The van der Waals surface area contributed by atoms with Crippen molar-refractivity contribution in [2.24, 2.45) is 0 Å². The third-order valence-electron chi connectivity index (χ3n) is 4.78. The summed E-state index contributed by atoms with van der Waals surface area (Å²) < 4.78 is 5.19. The largest absolute Gasteiger partial charge is 0.495 e. The first-order valence-electron chi connectivity index (χ1n) is 8.99. The Balaban J connectivity index is 2.00. The Kier molecular flexibility index (Phi) is 7.18. The number of carbonyl (C=O) groups is 1. The average Bonchev–Trinajstić information content (AvgIpc) is 2.56. The van der Waals surface area contributed by atoms with E-state index in [9.17, 15) is 14.9 Å². The molecule has 2 rings (SSSR count). The quantitative estimate of drug-likeness (QED) is 0.608. The van der Waals surface area contributed by atoms with Crippen LogP contribution in [0, 0.1) is 10.1 Å². The summed E-state index contributed by atoms with van der Waals surface area (Å²) in [5.41, 5.74) is 0.257. The van der Waals surface area contributed by atoms with Crippen molar-refractivity contribution in [2.45, 2.75) is 64.0 Å². The van der Waals surface area contributed by atoms with Crippen molar-refractivity contribution in [1.82, 2.24) is 0 Å². The number of methoxy groups -OCH3 is 1. The van der Waals surface area contributed by atoms with Crippen LogP contribution in [0.25, 0.3) is 0 Å². The van der Waals surface area contributed by atoms with Gasteiger partial charge in [-0.15, -0.1) is 0 Å². The number of non-ortho nitro benzene ring substituents is 1. The highest BCUT2D eigenvalue weighted by atomic mass is 16.6. The molecule has 0 aromatic heterocycles. The second-order valence-electron chi connectivity index (χ2n) is 6.72. The summed E-state index contributed by atoms with van der Waals surface area (Å²) in [5.74, 6) is 0.248. The molecule has 0 aliphatic heterocycles. The van der Waals surface area contributed by atoms with Crippen LogP contribution in [0.15, 0.2) is 18.2 Å². The number of nitrogens with zero attached hydrogens (tertiary/aromatic N) is 1. The highest BCUT2D eigenvalue weighted by Gasteiger charge is 2.24. The Morgan fingerprint density at radius 2 is 1.92 bits per heavy atom. The molecule has 1 aliphatic carbocycles. The third kappa shape index (κ3) is 5.70. The second kappa shape index (κ2) is 9.36. The zero-order valence-electron chi connectivity index (χ0n) is 15.0. The van der Waals surface area contributed by atoms with Crippen LogP contribution in [-0.2, 0) is 4.79 Å². The number of nitrogens with one attached hydrogen (secondary N) is 1. The van der Waals surface area contributed by atoms with Crippen LogP contribution in [0.5, 0.6) is 5.75 Å². The van der Waals surface area contributed by atoms with E-state index in [1.807, 2.05) is 6.92 Å². The fraction of sp³-hybridized carbons (Fsp3) is 0.611. The maximum atomic E-state index is 12.5. The summed E-state index contributed by atoms with van der Waals surface area (Å²) in [7, 11) is 1.47. The topological polar surface area (TPSA) is 98.1 Å². The van der Waals surface area contributed by atoms with Gasteiger partial charge in [0.2, 0.25) is 0 Å². The number of ether oxygens (including phenoxy) is 1. The lowest BCUT2D eigenvalue weighted by Gasteiger charge is -2.22. The summed E-state index contributed by atoms with van der Waals surface area (Å²) >= 11 is 0. The molecule has 1 aromatic carbocycles. The zero-order chi connectivity index (χ0) is 18.2. The Morgan fingerprint density at radius 1 is 1.28 bits per heavy atom. The van der Waals surface area contributed by atoms with Crippen molar-refractivity contribution < 1.29 is 19.8 Å². The smallest absolute Gasteiger partial charge is 0.282 e. The lowest BCUT2D eigenvalue weighted by molar-refractivity contribution is -0.707. The minimum Gasteiger partial charge on any atom is -0.495 e. The first-order valence-corrected chi connectivity index (χ1v) is 8.99. The Labute approximate surface area is 148 Å². The van der Waals surface area contributed by atoms with Gasteiger partial charge in [-0.1, -0.05) is 19.3 Å². The molecular weight excluding hydrogens is 322 g/mol. The van der Waals surface area contributed by atoms with Gasteiger partial charge in [0.05, 0.1) is 23.8 Å². The zero-order valence-corrected chi connectivity index (χ0v) is 15.0. The molecule has 1 aromatic rings. The van der Waals surface area contributed by atoms with Crippen molar-refractivity contribution in [1.29, 1.82) is 0 Å². The third-order valence-corrected chi connectivity index (χ3v) is 4.78. The first kappa shape index (κ1) is 19.2. The summed E-state index contributed by atoms with van der Waals surface area (Å²) in [6.45, 7) is 1.87. The molecule has 0 radical (unpaired) electrons. The van der Waals surface area contributed by atoms with Gasteiger partial charge < -0.3 is 15.4 Å². The number of quaternary nitrogens is 1. The number of nitro groups is 1. The number of anilines is 1. The number of hydrogen-bond acceptors (Lipinski definition) is 4. The number of benzene rings is 1. The van der Waals surface area contributed by atoms with E-state index in [1.54, 1.807) is 0 Å². The van der Waals surface area contributed by atoms with E-state index < -0.39 is 4.92 Å². The molecule has 0 bridgehead atoms. The normalized spacial score (nSPS) is 17.2. The van der Waals surface area contributed by atoms with Crippen LogP contribution in [-0.4, -0.2) is 30.0 Å². The molecule has 1 atom stereocenters. The maximum absolute atomic E-state index is 12.5. The van der Waals surface area contributed by atoms with Gasteiger partial charge >= 0.3 is 0 Å². The van der Waals surface area contributed by atoms with Gasteiger partial charge in [-0.3, -0.25) is 14.9 Å². The van der Waals surface area contributed by atoms with Crippen LogP contribution in [0.1, 0.15) is 51.9 Å². The summed E-state index contributed by atoms with van der Waals surface area (Å²) in [4.78, 5) is 23.0. The number of amides is 1. The van der Waals surface area contributed by atoms with Gasteiger partial charge in [-0.2, -0.15) is 0 Å². The number of hydrogen-bond donors (Lipinski definition) is 2. The van der Waals surface area contributed by atoms with Crippen LogP contribution >= 0.6 is 0 Å².